The molecule has 0 spiro atoms. The van der Waals surface area contributed by atoms with Crippen molar-refractivity contribution in [2.45, 2.75) is 26.3 Å². The van der Waals surface area contributed by atoms with Crippen LogP contribution in [-0.4, -0.2) is 58.0 Å². The second-order valence-electron chi connectivity index (χ2n) is 5.92. The highest BCUT2D eigenvalue weighted by molar-refractivity contribution is 5.79. The quantitative estimate of drug-likeness (QED) is 0.848. The lowest BCUT2D eigenvalue weighted by molar-refractivity contribution is -0.133. The van der Waals surface area contributed by atoms with E-state index in [9.17, 15) is 4.79 Å². The number of pyridine rings is 1. The molecule has 1 aliphatic heterocycles. The summed E-state index contributed by atoms with van der Waals surface area (Å²) >= 11 is 0. The predicted octanol–water partition coefficient (Wildman–Crippen LogP) is 1.98. The molecule has 5 nitrogen and oxygen atoms in total. The molecule has 0 aromatic carbocycles. The summed E-state index contributed by atoms with van der Waals surface area (Å²) in [6, 6.07) is 4.08. The summed E-state index contributed by atoms with van der Waals surface area (Å²) in [6.45, 7) is 7.83. The molecule has 1 fully saturated rings. The SMILES string of the molecule is CCCN1CCN(C(=O)CCn2ccc3ccncc32)CC1. The summed E-state index contributed by atoms with van der Waals surface area (Å²) in [5.41, 5.74) is 1.10. The van der Waals surface area contributed by atoms with Gasteiger partial charge >= 0.3 is 0 Å². The number of hydrogen-bond acceptors (Lipinski definition) is 3. The molecule has 0 radical (unpaired) electrons. The van der Waals surface area contributed by atoms with E-state index in [-0.39, 0.29) is 5.91 Å². The minimum Gasteiger partial charge on any atom is -0.346 e. The van der Waals surface area contributed by atoms with Crippen LogP contribution in [-0.2, 0) is 11.3 Å². The Kier molecular flexibility index (Phi) is 4.73. The van der Waals surface area contributed by atoms with Gasteiger partial charge in [0.1, 0.15) is 0 Å². The van der Waals surface area contributed by atoms with Crippen molar-refractivity contribution >= 4 is 16.8 Å². The molecule has 3 heterocycles. The van der Waals surface area contributed by atoms with Crippen molar-refractivity contribution in [2.24, 2.45) is 0 Å². The highest BCUT2D eigenvalue weighted by Crippen LogP contribution is 2.14. The molecule has 1 saturated heterocycles. The predicted molar refractivity (Wildman–Crippen MR) is 87.7 cm³/mol. The van der Waals surface area contributed by atoms with E-state index < -0.39 is 0 Å². The summed E-state index contributed by atoms with van der Waals surface area (Å²) in [4.78, 5) is 21.0. The number of rotatable bonds is 5. The number of carbonyl (C=O) groups excluding carboxylic acids is 1. The Balaban J connectivity index is 1.52. The molecule has 0 atom stereocenters. The molecular formula is C17H24N4O. The second-order valence-corrected chi connectivity index (χ2v) is 5.92. The smallest absolute Gasteiger partial charge is 0.224 e. The van der Waals surface area contributed by atoms with Crippen molar-refractivity contribution in [3.8, 4) is 0 Å². The van der Waals surface area contributed by atoms with Crippen molar-refractivity contribution in [1.82, 2.24) is 19.4 Å². The second kappa shape index (κ2) is 6.92. The number of nitrogens with zero attached hydrogens (tertiary/aromatic N) is 4. The van der Waals surface area contributed by atoms with Gasteiger partial charge in [0, 0.05) is 56.9 Å². The summed E-state index contributed by atoms with van der Waals surface area (Å²) in [7, 11) is 0. The van der Waals surface area contributed by atoms with E-state index in [1.54, 1.807) is 6.20 Å². The molecule has 0 bridgehead atoms. The lowest BCUT2D eigenvalue weighted by Crippen LogP contribution is -2.48. The van der Waals surface area contributed by atoms with Crippen LogP contribution in [0.4, 0.5) is 0 Å². The first-order valence-corrected chi connectivity index (χ1v) is 8.17. The summed E-state index contributed by atoms with van der Waals surface area (Å²) in [6.07, 6.45) is 7.45. The molecule has 0 unspecified atom stereocenters. The summed E-state index contributed by atoms with van der Waals surface area (Å²) in [5, 5.41) is 1.18. The first-order valence-electron chi connectivity index (χ1n) is 8.17. The highest BCUT2D eigenvalue weighted by Gasteiger charge is 2.20. The van der Waals surface area contributed by atoms with Gasteiger partial charge in [0.15, 0.2) is 0 Å². The number of hydrogen-bond donors (Lipinski definition) is 0. The van der Waals surface area contributed by atoms with Crippen LogP contribution in [0.25, 0.3) is 10.9 Å². The minimum atomic E-state index is 0.266. The average Bonchev–Trinajstić information content (AvgIpc) is 2.97. The van der Waals surface area contributed by atoms with E-state index in [2.05, 4.69) is 27.4 Å². The number of carbonyl (C=O) groups is 1. The first-order chi connectivity index (χ1) is 10.8. The molecule has 0 saturated carbocycles. The van der Waals surface area contributed by atoms with Crippen LogP contribution in [0.2, 0.25) is 0 Å². The highest BCUT2D eigenvalue weighted by atomic mass is 16.2. The summed E-state index contributed by atoms with van der Waals surface area (Å²) in [5.74, 6) is 0.266. The van der Waals surface area contributed by atoms with Gasteiger partial charge < -0.3 is 9.47 Å². The Morgan fingerprint density at radius 3 is 2.77 bits per heavy atom. The number of amides is 1. The lowest BCUT2D eigenvalue weighted by atomic mass is 10.2. The Bertz CT molecular complexity index is 628. The van der Waals surface area contributed by atoms with E-state index in [4.69, 9.17) is 0 Å². The van der Waals surface area contributed by atoms with Crippen LogP contribution in [0.5, 0.6) is 0 Å². The number of fused-ring (bicyclic) bond motifs is 1. The van der Waals surface area contributed by atoms with Crippen LogP contribution in [0.1, 0.15) is 19.8 Å². The third-order valence-electron chi connectivity index (χ3n) is 4.41. The van der Waals surface area contributed by atoms with E-state index in [1.165, 1.54) is 11.8 Å². The van der Waals surface area contributed by atoms with Crippen LogP contribution in [0.3, 0.4) is 0 Å². The van der Waals surface area contributed by atoms with E-state index >= 15 is 0 Å². The maximum Gasteiger partial charge on any atom is 0.224 e. The third-order valence-corrected chi connectivity index (χ3v) is 4.41. The molecule has 3 rings (SSSR count). The molecule has 2 aromatic rings. The fourth-order valence-corrected chi connectivity index (χ4v) is 3.13. The zero-order chi connectivity index (χ0) is 15.4. The Morgan fingerprint density at radius 1 is 1.18 bits per heavy atom. The van der Waals surface area contributed by atoms with Crippen molar-refractivity contribution in [1.29, 1.82) is 0 Å². The molecule has 0 N–H and O–H groups in total. The maximum absolute atomic E-state index is 12.4. The van der Waals surface area contributed by atoms with Crippen molar-refractivity contribution in [3.05, 3.63) is 30.7 Å². The van der Waals surface area contributed by atoms with Crippen molar-refractivity contribution in [3.63, 3.8) is 0 Å². The average molecular weight is 300 g/mol. The van der Waals surface area contributed by atoms with Gasteiger partial charge in [-0.2, -0.15) is 0 Å². The number of aromatic nitrogens is 2. The molecule has 1 aliphatic rings. The standard InChI is InChI=1S/C17H24N4O/c1-2-7-19-10-12-21(13-11-19)17(22)5-9-20-8-4-15-3-6-18-14-16(15)20/h3-4,6,8,14H,2,5,7,9-13H2,1H3. The summed E-state index contributed by atoms with van der Waals surface area (Å²) < 4.78 is 2.12. The number of piperazine rings is 1. The van der Waals surface area contributed by atoms with Crippen LogP contribution in [0.15, 0.2) is 30.7 Å². The normalized spacial score (nSPS) is 16.3. The van der Waals surface area contributed by atoms with Gasteiger partial charge in [0.25, 0.3) is 0 Å². The monoisotopic (exact) mass is 300 g/mol. The first kappa shape index (κ1) is 15.0. The fraction of sp³-hybridized carbons (Fsp3) is 0.529. The van der Waals surface area contributed by atoms with Gasteiger partial charge in [0.2, 0.25) is 5.91 Å². The number of aryl methyl sites for hydroxylation is 1. The van der Waals surface area contributed by atoms with E-state index in [1.807, 2.05) is 23.4 Å². The Hall–Kier alpha value is -1.88. The van der Waals surface area contributed by atoms with Crippen LogP contribution < -0.4 is 0 Å². The molecular weight excluding hydrogens is 276 g/mol. The molecule has 2 aromatic heterocycles. The van der Waals surface area contributed by atoms with E-state index in [0.717, 1.165) is 44.8 Å². The van der Waals surface area contributed by atoms with E-state index in [0.29, 0.717) is 6.42 Å². The lowest BCUT2D eigenvalue weighted by Gasteiger charge is -2.34. The van der Waals surface area contributed by atoms with Crippen LogP contribution in [0, 0.1) is 0 Å². The van der Waals surface area contributed by atoms with Gasteiger partial charge in [-0.25, -0.2) is 0 Å². The van der Waals surface area contributed by atoms with Gasteiger partial charge in [0.05, 0.1) is 11.7 Å². The van der Waals surface area contributed by atoms with Gasteiger partial charge in [-0.3, -0.25) is 14.7 Å². The Labute approximate surface area is 131 Å². The maximum atomic E-state index is 12.4. The minimum absolute atomic E-state index is 0.266. The largest absolute Gasteiger partial charge is 0.346 e. The van der Waals surface area contributed by atoms with Crippen molar-refractivity contribution < 1.29 is 4.79 Å². The zero-order valence-corrected chi connectivity index (χ0v) is 13.2. The fourth-order valence-electron chi connectivity index (χ4n) is 3.13. The van der Waals surface area contributed by atoms with Crippen LogP contribution >= 0.6 is 0 Å². The topological polar surface area (TPSA) is 41.4 Å². The molecule has 0 aliphatic carbocycles. The van der Waals surface area contributed by atoms with Gasteiger partial charge in [-0.1, -0.05) is 6.92 Å². The molecule has 1 amide bonds. The molecule has 118 valence electrons. The van der Waals surface area contributed by atoms with Gasteiger partial charge in [-0.05, 0) is 25.1 Å². The third kappa shape index (κ3) is 3.30. The zero-order valence-electron chi connectivity index (χ0n) is 13.2. The molecule has 5 heteroatoms. The van der Waals surface area contributed by atoms with Crippen molar-refractivity contribution in [2.75, 3.05) is 32.7 Å². The molecule has 22 heavy (non-hydrogen) atoms. The Morgan fingerprint density at radius 2 is 2.00 bits per heavy atom. The van der Waals surface area contributed by atoms with Gasteiger partial charge in [-0.15, -0.1) is 0 Å².